The van der Waals surface area contributed by atoms with E-state index in [1.807, 2.05) is 35.4 Å². The van der Waals surface area contributed by atoms with Gasteiger partial charge in [-0.2, -0.15) is 4.98 Å². The first kappa shape index (κ1) is 23.3. The molecule has 0 spiro atoms. The normalized spacial score (nSPS) is 18.9. The summed E-state index contributed by atoms with van der Waals surface area (Å²) in [5.74, 6) is 3.81. The molecule has 0 unspecified atom stereocenters. The van der Waals surface area contributed by atoms with E-state index >= 15 is 0 Å². The standard InChI is InChI=1S/C28H32N8O2/c37-27(20-5-6-20)36-13-11-35(12-14-36)17-18-9-10-29-24(15-18)32-28-30-22-8-7-21(16-23(22)31-28)26-33-25(34-38-26)19-3-1-2-4-19/h7-10,15-16,19-20H,1-6,11-14,17H2,(H2,29,30,31,32). The minimum absolute atomic E-state index is 0.300. The third-order valence-corrected chi connectivity index (χ3v) is 7.98. The number of benzene rings is 1. The number of rotatable bonds is 7. The molecule has 7 rings (SSSR count). The first-order valence-electron chi connectivity index (χ1n) is 13.7. The molecule has 2 aliphatic carbocycles. The van der Waals surface area contributed by atoms with E-state index in [0.29, 0.717) is 29.6 Å². The van der Waals surface area contributed by atoms with E-state index in [9.17, 15) is 4.79 Å². The number of carbonyl (C=O) groups is 1. The van der Waals surface area contributed by atoms with E-state index in [0.717, 1.165) is 86.6 Å². The van der Waals surface area contributed by atoms with Crippen molar-refractivity contribution in [3.8, 4) is 11.5 Å². The van der Waals surface area contributed by atoms with Gasteiger partial charge in [0.1, 0.15) is 5.82 Å². The molecule has 38 heavy (non-hydrogen) atoms. The Morgan fingerprint density at radius 3 is 2.68 bits per heavy atom. The highest BCUT2D eigenvalue weighted by molar-refractivity contribution is 5.82. The molecule has 4 aromatic rings. The van der Waals surface area contributed by atoms with E-state index in [2.05, 4.69) is 41.4 Å². The number of aromatic nitrogens is 5. The fourth-order valence-electron chi connectivity index (χ4n) is 5.64. The van der Waals surface area contributed by atoms with Crippen molar-refractivity contribution in [1.82, 2.24) is 34.9 Å². The third kappa shape index (κ3) is 4.88. The molecule has 1 aromatic carbocycles. The molecule has 3 fully saturated rings. The Bertz CT molecular complexity index is 1440. The predicted molar refractivity (Wildman–Crippen MR) is 143 cm³/mol. The molecule has 0 bridgehead atoms. The van der Waals surface area contributed by atoms with Crippen molar-refractivity contribution in [1.29, 1.82) is 0 Å². The number of piperazine rings is 1. The fraction of sp³-hybridized carbons (Fsp3) is 0.464. The van der Waals surface area contributed by atoms with Crippen LogP contribution in [0.4, 0.5) is 11.8 Å². The molecule has 10 nitrogen and oxygen atoms in total. The van der Waals surface area contributed by atoms with Gasteiger partial charge in [-0.25, -0.2) is 9.97 Å². The molecular formula is C28H32N8O2. The Labute approximate surface area is 220 Å². The van der Waals surface area contributed by atoms with Gasteiger partial charge in [-0.3, -0.25) is 9.69 Å². The zero-order valence-corrected chi connectivity index (χ0v) is 21.4. The highest BCUT2D eigenvalue weighted by Gasteiger charge is 2.34. The van der Waals surface area contributed by atoms with Crippen LogP contribution in [0.15, 0.2) is 41.1 Å². The maximum Gasteiger partial charge on any atom is 0.258 e. The number of carbonyl (C=O) groups excluding carboxylic acids is 1. The van der Waals surface area contributed by atoms with Crippen LogP contribution in [0.25, 0.3) is 22.5 Å². The molecule has 0 atom stereocenters. The van der Waals surface area contributed by atoms with E-state index in [-0.39, 0.29) is 0 Å². The number of H-pyrrole nitrogens is 1. The molecular weight excluding hydrogens is 480 g/mol. The first-order valence-corrected chi connectivity index (χ1v) is 13.7. The van der Waals surface area contributed by atoms with Crippen molar-refractivity contribution in [3.05, 3.63) is 47.9 Å². The van der Waals surface area contributed by atoms with Gasteiger partial charge in [0.15, 0.2) is 5.82 Å². The molecule has 1 amide bonds. The van der Waals surface area contributed by atoms with E-state index in [1.54, 1.807) is 0 Å². The van der Waals surface area contributed by atoms with Crippen LogP contribution in [0, 0.1) is 5.92 Å². The molecule has 2 N–H and O–H groups in total. The quantitative estimate of drug-likeness (QED) is 0.373. The van der Waals surface area contributed by atoms with Crippen LogP contribution < -0.4 is 5.32 Å². The number of anilines is 2. The Morgan fingerprint density at radius 1 is 1.03 bits per heavy atom. The van der Waals surface area contributed by atoms with Gasteiger partial charge in [0, 0.05) is 56.3 Å². The van der Waals surface area contributed by atoms with Gasteiger partial charge in [-0.05, 0) is 61.6 Å². The number of hydrogen-bond acceptors (Lipinski definition) is 8. The molecule has 3 aromatic heterocycles. The average molecular weight is 513 g/mol. The number of hydrogen-bond donors (Lipinski definition) is 2. The van der Waals surface area contributed by atoms with Crippen molar-refractivity contribution < 1.29 is 9.32 Å². The molecule has 1 saturated heterocycles. The second-order valence-electron chi connectivity index (χ2n) is 10.8. The molecule has 3 aliphatic rings. The first-order chi connectivity index (χ1) is 18.7. The van der Waals surface area contributed by atoms with E-state index < -0.39 is 0 Å². The summed E-state index contributed by atoms with van der Waals surface area (Å²) in [6.07, 6.45) is 8.71. The van der Waals surface area contributed by atoms with Crippen LogP contribution in [0.1, 0.15) is 55.8 Å². The summed E-state index contributed by atoms with van der Waals surface area (Å²) >= 11 is 0. The van der Waals surface area contributed by atoms with Gasteiger partial charge in [-0.1, -0.05) is 18.0 Å². The lowest BCUT2D eigenvalue weighted by molar-refractivity contribution is -0.134. The number of aromatic amines is 1. The molecule has 2 saturated carbocycles. The maximum absolute atomic E-state index is 12.3. The lowest BCUT2D eigenvalue weighted by Crippen LogP contribution is -2.48. The fourth-order valence-corrected chi connectivity index (χ4v) is 5.64. The van der Waals surface area contributed by atoms with Crippen LogP contribution in [-0.4, -0.2) is 67.0 Å². The molecule has 0 radical (unpaired) electrons. The lowest BCUT2D eigenvalue weighted by atomic mass is 10.1. The van der Waals surface area contributed by atoms with Crippen molar-refractivity contribution in [2.75, 3.05) is 31.5 Å². The van der Waals surface area contributed by atoms with Crippen molar-refractivity contribution in [2.24, 2.45) is 5.92 Å². The van der Waals surface area contributed by atoms with Crippen molar-refractivity contribution in [3.63, 3.8) is 0 Å². The van der Waals surface area contributed by atoms with Crippen molar-refractivity contribution >= 4 is 28.7 Å². The molecule has 196 valence electrons. The Kier molecular flexibility index (Phi) is 6.04. The summed E-state index contributed by atoms with van der Waals surface area (Å²) in [4.78, 5) is 33.9. The van der Waals surface area contributed by atoms with Gasteiger partial charge in [0.05, 0.1) is 11.0 Å². The van der Waals surface area contributed by atoms with Gasteiger partial charge in [0.2, 0.25) is 11.9 Å². The zero-order chi connectivity index (χ0) is 25.5. The second kappa shape index (κ2) is 9.83. The Morgan fingerprint density at radius 2 is 1.87 bits per heavy atom. The summed E-state index contributed by atoms with van der Waals surface area (Å²) < 4.78 is 5.58. The number of nitrogens with one attached hydrogen (secondary N) is 2. The van der Waals surface area contributed by atoms with Crippen LogP contribution in [0.3, 0.4) is 0 Å². The highest BCUT2D eigenvalue weighted by Crippen LogP contribution is 2.34. The summed E-state index contributed by atoms with van der Waals surface area (Å²) in [6.45, 7) is 4.27. The third-order valence-electron chi connectivity index (χ3n) is 7.98. The monoisotopic (exact) mass is 512 g/mol. The van der Waals surface area contributed by atoms with Gasteiger partial charge in [-0.15, -0.1) is 0 Å². The van der Waals surface area contributed by atoms with Gasteiger partial charge >= 0.3 is 0 Å². The van der Waals surface area contributed by atoms with Crippen LogP contribution >= 0.6 is 0 Å². The second-order valence-corrected chi connectivity index (χ2v) is 10.8. The number of amides is 1. The predicted octanol–water partition coefficient (Wildman–Crippen LogP) is 4.46. The van der Waals surface area contributed by atoms with Gasteiger partial charge < -0.3 is 19.7 Å². The average Bonchev–Trinajstić information content (AvgIpc) is 3.30. The summed E-state index contributed by atoms with van der Waals surface area (Å²) in [6, 6.07) is 10.0. The summed E-state index contributed by atoms with van der Waals surface area (Å²) in [7, 11) is 0. The number of fused-ring (bicyclic) bond motifs is 1. The number of imidazole rings is 1. The van der Waals surface area contributed by atoms with Crippen molar-refractivity contribution in [2.45, 2.75) is 51.0 Å². The topological polar surface area (TPSA) is 116 Å². The van der Waals surface area contributed by atoms with Crippen LogP contribution in [0.2, 0.25) is 0 Å². The largest absolute Gasteiger partial charge is 0.340 e. The maximum atomic E-state index is 12.3. The molecule has 1 aliphatic heterocycles. The molecule has 10 heteroatoms. The summed E-state index contributed by atoms with van der Waals surface area (Å²) in [5.41, 5.74) is 3.79. The van der Waals surface area contributed by atoms with E-state index in [1.165, 1.54) is 18.4 Å². The highest BCUT2D eigenvalue weighted by atomic mass is 16.5. The molecule has 4 heterocycles. The van der Waals surface area contributed by atoms with Crippen LogP contribution in [0.5, 0.6) is 0 Å². The van der Waals surface area contributed by atoms with Gasteiger partial charge in [0.25, 0.3) is 5.89 Å². The summed E-state index contributed by atoms with van der Waals surface area (Å²) in [5, 5.41) is 7.55. The minimum atomic E-state index is 0.300. The minimum Gasteiger partial charge on any atom is -0.340 e. The Hall–Kier alpha value is -3.79. The zero-order valence-electron chi connectivity index (χ0n) is 21.4. The SMILES string of the molecule is O=C(C1CC1)N1CCN(Cc2ccnc(Nc3nc4ccc(-c5nc(C6CCCC6)no5)cc4[nH]3)c2)CC1. The van der Waals surface area contributed by atoms with E-state index in [4.69, 9.17) is 4.52 Å². The number of pyridine rings is 1. The number of nitrogens with zero attached hydrogens (tertiary/aromatic N) is 6. The van der Waals surface area contributed by atoms with Crippen LogP contribution in [-0.2, 0) is 11.3 Å². The lowest BCUT2D eigenvalue weighted by Gasteiger charge is -2.34. The Balaban J connectivity index is 1.00. The smallest absolute Gasteiger partial charge is 0.258 e.